The summed E-state index contributed by atoms with van der Waals surface area (Å²) in [5.74, 6) is 0.552. The highest BCUT2D eigenvalue weighted by Gasteiger charge is 2.21. The summed E-state index contributed by atoms with van der Waals surface area (Å²) in [6.07, 6.45) is 0.460. The maximum Gasteiger partial charge on any atom is 0.0623 e. The largest absolute Gasteiger partial charge is 0.392 e. The van der Waals surface area contributed by atoms with Crippen molar-refractivity contribution in [3.8, 4) is 0 Å². The Kier molecular flexibility index (Phi) is 4.97. The number of aliphatic hydroxyl groups excluding tert-OH is 1. The molecule has 0 spiro atoms. The van der Waals surface area contributed by atoms with E-state index in [1.165, 1.54) is 11.1 Å². The maximum absolute atomic E-state index is 10.2. The summed E-state index contributed by atoms with van der Waals surface area (Å²) < 4.78 is 0. The molecule has 0 bridgehead atoms. The molecule has 2 heteroatoms. The normalized spacial score (nSPS) is 15.1. The van der Waals surface area contributed by atoms with Gasteiger partial charge < -0.3 is 10.8 Å². The van der Waals surface area contributed by atoms with Gasteiger partial charge in [-0.05, 0) is 30.4 Å². The van der Waals surface area contributed by atoms with Crippen LogP contribution in [-0.4, -0.2) is 17.8 Å². The van der Waals surface area contributed by atoms with Crippen molar-refractivity contribution >= 4 is 0 Å². The van der Waals surface area contributed by atoms with Gasteiger partial charge in [-0.25, -0.2) is 0 Å². The van der Waals surface area contributed by atoms with Crippen molar-refractivity contribution in [2.45, 2.75) is 39.2 Å². The van der Waals surface area contributed by atoms with Gasteiger partial charge in [0.15, 0.2) is 0 Å². The number of benzene rings is 1. The van der Waals surface area contributed by atoms with Gasteiger partial charge in [0, 0.05) is 12.5 Å². The van der Waals surface area contributed by atoms with Crippen LogP contribution in [0.5, 0.6) is 0 Å². The van der Waals surface area contributed by atoms with Crippen LogP contribution < -0.4 is 5.73 Å². The van der Waals surface area contributed by atoms with E-state index in [0.29, 0.717) is 12.5 Å². The van der Waals surface area contributed by atoms with Crippen LogP contribution in [0.4, 0.5) is 0 Å². The van der Waals surface area contributed by atoms with E-state index in [1.54, 1.807) is 0 Å². The average Bonchev–Trinajstić information content (AvgIpc) is 2.20. The van der Waals surface area contributed by atoms with Crippen molar-refractivity contribution < 1.29 is 5.11 Å². The SMILES string of the molecule is Cc1ccccc1C(CN)C(O)CC(C)C. The molecule has 0 saturated carbocycles. The third-order valence-electron chi connectivity index (χ3n) is 3.02. The molecule has 2 nitrogen and oxygen atoms in total. The summed E-state index contributed by atoms with van der Waals surface area (Å²) in [5.41, 5.74) is 8.18. The predicted molar refractivity (Wildman–Crippen MR) is 68.4 cm³/mol. The van der Waals surface area contributed by atoms with Gasteiger partial charge in [0.25, 0.3) is 0 Å². The smallest absolute Gasteiger partial charge is 0.0623 e. The van der Waals surface area contributed by atoms with Gasteiger partial charge in [0.1, 0.15) is 0 Å². The molecule has 1 aromatic rings. The van der Waals surface area contributed by atoms with Gasteiger partial charge in [-0.15, -0.1) is 0 Å². The molecular weight excluding hydrogens is 198 g/mol. The lowest BCUT2D eigenvalue weighted by Gasteiger charge is -2.24. The highest BCUT2D eigenvalue weighted by molar-refractivity contribution is 5.30. The van der Waals surface area contributed by atoms with E-state index in [1.807, 2.05) is 12.1 Å². The van der Waals surface area contributed by atoms with Crippen molar-refractivity contribution in [3.63, 3.8) is 0 Å². The third kappa shape index (κ3) is 3.32. The van der Waals surface area contributed by atoms with Crippen molar-refractivity contribution in [2.75, 3.05) is 6.54 Å². The summed E-state index contributed by atoms with van der Waals surface area (Å²) in [7, 11) is 0. The van der Waals surface area contributed by atoms with Crippen molar-refractivity contribution in [2.24, 2.45) is 11.7 Å². The van der Waals surface area contributed by atoms with Crippen molar-refractivity contribution in [3.05, 3.63) is 35.4 Å². The van der Waals surface area contributed by atoms with Crippen LogP contribution in [0.15, 0.2) is 24.3 Å². The average molecular weight is 221 g/mol. The molecule has 0 aliphatic heterocycles. The quantitative estimate of drug-likeness (QED) is 0.802. The molecule has 2 atom stereocenters. The summed E-state index contributed by atoms with van der Waals surface area (Å²) in [6, 6.07) is 8.16. The lowest BCUT2D eigenvalue weighted by molar-refractivity contribution is 0.121. The van der Waals surface area contributed by atoms with E-state index in [2.05, 4.69) is 32.9 Å². The second-order valence-corrected chi connectivity index (χ2v) is 4.90. The van der Waals surface area contributed by atoms with E-state index >= 15 is 0 Å². The van der Waals surface area contributed by atoms with Crippen LogP contribution >= 0.6 is 0 Å². The van der Waals surface area contributed by atoms with Gasteiger partial charge >= 0.3 is 0 Å². The summed E-state index contributed by atoms with van der Waals surface area (Å²) in [6.45, 7) is 6.81. The van der Waals surface area contributed by atoms with Gasteiger partial charge in [-0.2, -0.15) is 0 Å². The fourth-order valence-electron chi connectivity index (χ4n) is 2.14. The lowest BCUT2D eigenvalue weighted by Crippen LogP contribution is -2.27. The molecule has 0 heterocycles. The molecule has 0 fully saturated rings. The van der Waals surface area contributed by atoms with Gasteiger partial charge in [0.05, 0.1) is 6.10 Å². The zero-order valence-electron chi connectivity index (χ0n) is 10.5. The number of rotatable bonds is 5. The Morgan fingerprint density at radius 1 is 1.25 bits per heavy atom. The lowest BCUT2D eigenvalue weighted by atomic mass is 9.86. The first-order valence-electron chi connectivity index (χ1n) is 6.00. The van der Waals surface area contributed by atoms with E-state index < -0.39 is 0 Å². The number of hydrogen-bond donors (Lipinski definition) is 2. The standard InChI is InChI=1S/C14H23NO/c1-10(2)8-14(16)13(9-15)12-7-5-4-6-11(12)3/h4-7,10,13-14,16H,8-9,15H2,1-3H3. The number of aryl methyl sites for hydroxylation is 1. The van der Waals surface area contributed by atoms with Gasteiger partial charge in [0.2, 0.25) is 0 Å². The molecule has 0 aliphatic rings. The van der Waals surface area contributed by atoms with Crippen molar-refractivity contribution in [1.29, 1.82) is 0 Å². The maximum atomic E-state index is 10.2. The Morgan fingerprint density at radius 2 is 1.88 bits per heavy atom. The second kappa shape index (κ2) is 6.02. The highest BCUT2D eigenvalue weighted by Crippen LogP contribution is 2.25. The molecule has 0 aliphatic carbocycles. The molecule has 0 aromatic heterocycles. The van der Waals surface area contributed by atoms with Crippen LogP contribution in [0.25, 0.3) is 0 Å². The fraction of sp³-hybridized carbons (Fsp3) is 0.571. The van der Waals surface area contributed by atoms with Crippen LogP contribution in [-0.2, 0) is 0 Å². The Labute approximate surface area is 98.5 Å². The minimum absolute atomic E-state index is 0.0589. The summed E-state index contributed by atoms with van der Waals surface area (Å²) >= 11 is 0. The van der Waals surface area contributed by atoms with Gasteiger partial charge in [-0.1, -0.05) is 38.1 Å². The Balaban J connectivity index is 2.86. The third-order valence-corrected chi connectivity index (χ3v) is 3.02. The molecular formula is C14H23NO. The van der Waals surface area contributed by atoms with Crippen LogP contribution in [0.2, 0.25) is 0 Å². The minimum Gasteiger partial charge on any atom is -0.392 e. The Morgan fingerprint density at radius 3 is 2.38 bits per heavy atom. The second-order valence-electron chi connectivity index (χ2n) is 4.90. The zero-order valence-corrected chi connectivity index (χ0v) is 10.5. The minimum atomic E-state index is -0.342. The monoisotopic (exact) mass is 221 g/mol. The topological polar surface area (TPSA) is 46.2 Å². The molecule has 0 saturated heterocycles. The molecule has 2 unspecified atom stereocenters. The van der Waals surface area contributed by atoms with Gasteiger partial charge in [-0.3, -0.25) is 0 Å². The molecule has 1 rings (SSSR count). The first-order chi connectivity index (χ1) is 7.56. The van der Waals surface area contributed by atoms with E-state index in [9.17, 15) is 5.11 Å². The summed E-state index contributed by atoms with van der Waals surface area (Å²) in [5, 5.41) is 10.2. The number of nitrogens with two attached hydrogens (primary N) is 1. The first kappa shape index (κ1) is 13.2. The Hall–Kier alpha value is -0.860. The van der Waals surface area contributed by atoms with E-state index in [4.69, 9.17) is 5.73 Å². The zero-order chi connectivity index (χ0) is 12.1. The molecule has 0 amide bonds. The van der Waals surface area contributed by atoms with Crippen LogP contribution in [0, 0.1) is 12.8 Å². The summed E-state index contributed by atoms with van der Waals surface area (Å²) in [4.78, 5) is 0. The fourth-order valence-corrected chi connectivity index (χ4v) is 2.14. The predicted octanol–water partition coefficient (Wildman–Crippen LogP) is 2.44. The number of hydrogen-bond acceptors (Lipinski definition) is 2. The molecule has 3 N–H and O–H groups in total. The van der Waals surface area contributed by atoms with Crippen LogP contribution in [0.1, 0.15) is 37.3 Å². The number of aliphatic hydroxyl groups is 1. The highest BCUT2D eigenvalue weighted by atomic mass is 16.3. The van der Waals surface area contributed by atoms with E-state index in [-0.39, 0.29) is 12.0 Å². The molecule has 1 aromatic carbocycles. The Bertz CT molecular complexity index is 322. The van der Waals surface area contributed by atoms with Crippen LogP contribution in [0.3, 0.4) is 0 Å². The molecule has 16 heavy (non-hydrogen) atoms. The first-order valence-corrected chi connectivity index (χ1v) is 6.00. The molecule has 0 radical (unpaired) electrons. The molecule has 90 valence electrons. The van der Waals surface area contributed by atoms with E-state index in [0.717, 1.165) is 6.42 Å². The van der Waals surface area contributed by atoms with Crippen molar-refractivity contribution in [1.82, 2.24) is 0 Å².